The number of nitrogens with zero attached hydrogens (tertiary/aromatic N) is 3. The topological polar surface area (TPSA) is 83.5 Å². The van der Waals surface area contributed by atoms with Crippen molar-refractivity contribution in [2.45, 2.75) is 27.3 Å². The van der Waals surface area contributed by atoms with Gasteiger partial charge in [-0.25, -0.2) is 5.01 Å². The van der Waals surface area contributed by atoms with Gasteiger partial charge < -0.3 is 14.8 Å². The Balaban J connectivity index is 1.69. The Morgan fingerprint density at radius 1 is 1.12 bits per heavy atom. The Labute approximate surface area is 205 Å². The second-order valence-electron chi connectivity index (χ2n) is 7.66. The number of thioether (sulfide) groups is 1. The second-order valence-corrected chi connectivity index (χ2v) is 8.59. The predicted molar refractivity (Wildman–Crippen MR) is 137 cm³/mol. The van der Waals surface area contributed by atoms with E-state index in [1.54, 1.807) is 7.11 Å². The predicted octanol–water partition coefficient (Wildman–Crippen LogP) is 4.45. The number of anilines is 1. The largest absolute Gasteiger partial charge is 0.493 e. The molecular formula is C25H32N4O4S. The molecule has 0 aliphatic carbocycles. The monoisotopic (exact) mass is 484 g/mol. The molecule has 9 heteroatoms. The van der Waals surface area contributed by atoms with Crippen LogP contribution in [0.2, 0.25) is 0 Å². The minimum atomic E-state index is -0.0982. The van der Waals surface area contributed by atoms with E-state index in [2.05, 4.69) is 15.3 Å². The normalized spacial score (nSPS) is 13.6. The van der Waals surface area contributed by atoms with Crippen LogP contribution >= 0.6 is 11.8 Å². The van der Waals surface area contributed by atoms with Crippen molar-refractivity contribution in [1.29, 1.82) is 0 Å². The lowest BCUT2D eigenvalue weighted by Gasteiger charge is -2.23. The fourth-order valence-electron chi connectivity index (χ4n) is 3.50. The van der Waals surface area contributed by atoms with Gasteiger partial charge in [0.25, 0.3) is 0 Å². The van der Waals surface area contributed by atoms with Crippen LogP contribution in [0.1, 0.15) is 31.9 Å². The fourth-order valence-corrected chi connectivity index (χ4v) is 4.24. The molecule has 34 heavy (non-hydrogen) atoms. The third kappa shape index (κ3) is 6.74. The summed E-state index contributed by atoms with van der Waals surface area (Å²) in [6.45, 7) is 8.88. The Kier molecular flexibility index (Phi) is 9.35. The van der Waals surface area contributed by atoms with Crippen LogP contribution in [0.15, 0.2) is 47.6 Å². The minimum Gasteiger partial charge on any atom is -0.493 e. The molecule has 3 rings (SSSR count). The van der Waals surface area contributed by atoms with E-state index in [1.807, 2.05) is 63.2 Å². The van der Waals surface area contributed by atoms with Crippen molar-refractivity contribution in [2.75, 3.05) is 44.4 Å². The first-order valence-electron chi connectivity index (χ1n) is 11.4. The van der Waals surface area contributed by atoms with Crippen LogP contribution in [0, 0.1) is 0 Å². The number of benzene rings is 2. The number of hydrazone groups is 1. The molecule has 0 spiro atoms. The quantitative estimate of drug-likeness (QED) is 0.507. The summed E-state index contributed by atoms with van der Waals surface area (Å²) in [5.74, 6) is 1.76. The van der Waals surface area contributed by atoms with E-state index in [4.69, 9.17) is 9.47 Å². The Hall–Kier alpha value is -3.04. The van der Waals surface area contributed by atoms with Gasteiger partial charge in [0, 0.05) is 17.0 Å². The molecule has 2 aromatic carbocycles. The number of hydrogen-bond donors (Lipinski definition) is 1. The molecule has 1 aliphatic rings. The van der Waals surface area contributed by atoms with Crippen molar-refractivity contribution in [2.24, 2.45) is 5.10 Å². The third-order valence-corrected chi connectivity index (χ3v) is 6.29. The van der Waals surface area contributed by atoms with Gasteiger partial charge in [-0.2, -0.15) is 5.10 Å². The Morgan fingerprint density at radius 3 is 2.50 bits per heavy atom. The van der Waals surface area contributed by atoms with E-state index < -0.39 is 0 Å². The lowest BCUT2D eigenvalue weighted by Crippen LogP contribution is -2.32. The number of ether oxygens (including phenoxy) is 2. The van der Waals surface area contributed by atoms with Crippen LogP contribution in [-0.4, -0.2) is 65.9 Å². The maximum absolute atomic E-state index is 12.5. The SMILES string of the molecule is CCOc1cc(C2=NN(Cc3ccc(NC(=O)CN(CC)CC)cc3)C(=O)SC2)ccc1OC. The van der Waals surface area contributed by atoms with Gasteiger partial charge in [-0.1, -0.05) is 37.7 Å². The van der Waals surface area contributed by atoms with Crippen LogP contribution in [0.3, 0.4) is 0 Å². The van der Waals surface area contributed by atoms with Crippen LogP contribution < -0.4 is 14.8 Å². The highest BCUT2D eigenvalue weighted by Crippen LogP contribution is 2.30. The van der Waals surface area contributed by atoms with Gasteiger partial charge in [0.05, 0.1) is 32.5 Å². The van der Waals surface area contributed by atoms with E-state index >= 15 is 0 Å². The lowest BCUT2D eigenvalue weighted by atomic mass is 10.1. The van der Waals surface area contributed by atoms with E-state index in [0.717, 1.165) is 35.6 Å². The standard InChI is InChI=1S/C25H32N4O4S/c1-5-28(6-2)16-24(30)26-20-11-8-18(9-12-20)15-29-25(31)34-17-21(27-29)19-10-13-22(32-4)23(14-19)33-7-3/h8-14H,5-7,15-17H2,1-4H3,(H,26,30). The highest BCUT2D eigenvalue weighted by atomic mass is 32.2. The first-order valence-corrected chi connectivity index (χ1v) is 12.4. The molecule has 1 heterocycles. The summed E-state index contributed by atoms with van der Waals surface area (Å²) in [5.41, 5.74) is 3.34. The number of likely N-dealkylation sites (N-methyl/N-ethyl adjacent to an activating group) is 1. The molecule has 2 amide bonds. The number of rotatable bonds is 11. The van der Waals surface area contributed by atoms with Crippen LogP contribution in [0.5, 0.6) is 11.5 Å². The van der Waals surface area contributed by atoms with Gasteiger partial charge >= 0.3 is 5.24 Å². The maximum Gasteiger partial charge on any atom is 0.302 e. The molecule has 1 N–H and O–H groups in total. The van der Waals surface area contributed by atoms with Crippen LogP contribution in [0.25, 0.3) is 0 Å². The van der Waals surface area contributed by atoms with E-state index in [0.29, 0.717) is 36.9 Å². The zero-order valence-corrected chi connectivity index (χ0v) is 21.0. The van der Waals surface area contributed by atoms with Crippen molar-refractivity contribution in [3.05, 3.63) is 53.6 Å². The summed E-state index contributed by atoms with van der Waals surface area (Å²) in [5, 5.41) is 8.91. The first-order chi connectivity index (χ1) is 16.5. The van der Waals surface area contributed by atoms with Crippen LogP contribution in [0.4, 0.5) is 10.5 Å². The molecule has 0 radical (unpaired) electrons. The Bertz CT molecular complexity index is 1020. The molecule has 2 aromatic rings. The number of nitrogens with one attached hydrogen (secondary N) is 1. The van der Waals surface area contributed by atoms with Gasteiger partial charge in [-0.3, -0.25) is 14.5 Å². The molecular weight excluding hydrogens is 452 g/mol. The maximum atomic E-state index is 12.5. The second kappa shape index (κ2) is 12.4. The summed E-state index contributed by atoms with van der Waals surface area (Å²) >= 11 is 1.22. The molecule has 0 atom stereocenters. The summed E-state index contributed by atoms with van der Waals surface area (Å²) in [7, 11) is 1.60. The molecule has 0 saturated carbocycles. The number of hydrogen-bond acceptors (Lipinski definition) is 7. The fraction of sp³-hybridized carbons (Fsp3) is 0.400. The molecule has 182 valence electrons. The van der Waals surface area contributed by atoms with E-state index in [9.17, 15) is 9.59 Å². The molecule has 0 saturated heterocycles. The van der Waals surface area contributed by atoms with Crippen molar-refractivity contribution < 1.29 is 19.1 Å². The van der Waals surface area contributed by atoms with Crippen molar-refractivity contribution in [1.82, 2.24) is 9.91 Å². The van der Waals surface area contributed by atoms with E-state index in [1.165, 1.54) is 16.8 Å². The van der Waals surface area contributed by atoms with E-state index in [-0.39, 0.29) is 11.1 Å². The molecule has 1 aliphatic heterocycles. The molecule has 0 fully saturated rings. The molecule has 0 aromatic heterocycles. The van der Waals surface area contributed by atoms with Crippen LogP contribution in [-0.2, 0) is 11.3 Å². The summed E-state index contributed by atoms with van der Waals surface area (Å²) in [4.78, 5) is 26.8. The first kappa shape index (κ1) is 25.6. The average molecular weight is 485 g/mol. The average Bonchev–Trinajstić information content (AvgIpc) is 2.85. The zero-order chi connectivity index (χ0) is 24.5. The summed E-state index contributed by atoms with van der Waals surface area (Å²) in [6, 6.07) is 13.2. The van der Waals surface area contributed by atoms with Gasteiger partial charge in [0.15, 0.2) is 11.5 Å². The number of carbonyl (C=O) groups excluding carboxylic acids is 2. The van der Waals surface area contributed by atoms with Gasteiger partial charge in [0.2, 0.25) is 5.91 Å². The minimum absolute atomic E-state index is 0.0424. The molecule has 0 bridgehead atoms. The van der Waals surface area contributed by atoms with Gasteiger partial charge in [-0.15, -0.1) is 0 Å². The summed E-state index contributed by atoms with van der Waals surface area (Å²) < 4.78 is 11.0. The van der Waals surface area contributed by atoms with Gasteiger partial charge in [-0.05, 0) is 55.9 Å². The van der Waals surface area contributed by atoms with Crippen molar-refractivity contribution in [3.63, 3.8) is 0 Å². The Morgan fingerprint density at radius 2 is 1.85 bits per heavy atom. The highest BCUT2D eigenvalue weighted by molar-refractivity contribution is 8.14. The zero-order valence-electron chi connectivity index (χ0n) is 20.2. The smallest absolute Gasteiger partial charge is 0.302 e. The number of carbonyl (C=O) groups is 2. The molecule has 8 nitrogen and oxygen atoms in total. The van der Waals surface area contributed by atoms with Crippen molar-refractivity contribution in [3.8, 4) is 11.5 Å². The van der Waals surface area contributed by atoms with Gasteiger partial charge in [0.1, 0.15) is 0 Å². The highest BCUT2D eigenvalue weighted by Gasteiger charge is 2.23. The lowest BCUT2D eigenvalue weighted by molar-refractivity contribution is -0.117. The number of methoxy groups -OCH3 is 1. The number of amides is 2. The third-order valence-electron chi connectivity index (χ3n) is 5.41. The van der Waals surface area contributed by atoms with Crippen molar-refractivity contribution >= 4 is 34.3 Å². The molecule has 0 unspecified atom stereocenters. The summed E-state index contributed by atoms with van der Waals surface area (Å²) in [6.07, 6.45) is 0.